The van der Waals surface area contributed by atoms with Crippen molar-refractivity contribution in [1.29, 1.82) is 0 Å². The van der Waals surface area contributed by atoms with Crippen LogP contribution in [0.2, 0.25) is 0 Å². The summed E-state index contributed by atoms with van der Waals surface area (Å²) in [5.74, 6) is 0.595. The zero-order chi connectivity index (χ0) is 17.2. The van der Waals surface area contributed by atoms with E-state index in [1.165, 1.54) is 30.6 Å². The molecule has 2 heterocycles. The molecule has 124 valence electrons. The van der Waals surface area contributed by atoms with Crippen LogP contribution in [0, 0.1) is 6.92 Å². The molecule has 0 saturated heterocycles. The maximum absolute atomic E-state index is 12.5. The predicted molar refractivity (Wildman–Crippen MR) is 93.9 cm³/mol. The Kier molecular flexibility index (Phi) is 4.50. The monoisotopic (exact) mass is 361 g/mol. The molecule has 0 atom stereocenters. The van der Waals surface area contributed by atoms with E-state index in [9.17, 15) is 8.42 Å². The Balaban J connectivity index is 1.88. The smallest absolute Gasteiger partial charge is 0.263 e. The molecule has 0 bridgehead atoms. The van der Waals surface area contributed by atoms with Gasteiger partial charge in [-0.15, -0.1) is 0 Å². The third kappa shape index (κ3) is 3.39. The minimum Gasteiger partial charge on any atom is -0.497 e. The molecule has 3 aromatic rings. The molecular weight excluding hydrogens is 346 g/mol. The highest BCUT2D eigenvalue weighted by atomic mass is 32.2. The summed E-state index contributed by atoms with van der Waals surface area (Å²) in [6.07, 6.45) is 3.41. The number of aryl methyl sites for hydroxylation is 1. The lowest BCUT2D eigenvalue weighted by Crippen LogP contribution is -2.12. The van der Waals surface area contributed by atoms with Crippen LogP contribution in [0.25, 0.3) is 10.4 Å². The molecular formula is C16H15N3O3S2. The van der Waals surface area contributed by atoms with E-state index in [4.69, 9.17) is 4.74 Å². The quantitative estimate of drug-likeness (QED) is 0.754. The van der Waals surface area contributed by atoms with Gasteiger partial charge in [-0.25, -0.2) is 13.4 Å². The molecule has 3 rings (SSSR count). The van der Waals surface area contributed by atoms with E-state index in [-0.39, 0.29) is 4.90 Å². The third-order valence-corrected chi connectivity index (χ3v) is 5.92. The van der Waals surface area contributed by atoms with Crippen LogP contribution in [0.1, 0.15) is 5.69 Å². The highest BCUT2D eigenvalue weighted by Crippen LogP contribution is 2.33. The van der Waals surface area contributed by atoms with Crippen LogP contribution >= 0.6 is 11.3 Å². The van der Waals surface area contributed by atoms with Gasteiger partial charge in [-0.1, -0.05) is 17.4 Å². The van der Waals surface area contributed by atoms with Gasteiger partial charge in [0.15, 0.2) is 5.13 Å². The normalized spacial score (nSPS) is 11.2. The largest absolute Gasteiger partial charge is 0.497 e. The first kappa shape index (κ1) is 16.4. The average molecular weight is 361 g/mol. The van der Waals surface area contributed by atoms with Gasteiger partial charge in [0.05, 0.1) is 22.6 Å². The number of aromatic nitrogens is 2. The molecule has 0 aliphatic carbocycles. The zero-order valence-electron chi connectivity index (χ0n) is 13.1. The van der Waals surface area contributed by atoms with E-state index in [0.717, 1.165) is 16.1 Å². The maximum atomic E-state index is 12.5. The van der Waals surface area contributed by atoms with Crippen LogP contribution in [0.4, 0.5) is 5.13 Å². The third-order valence-electron chi connectivity index (χ3n) is 3.31. The van der Waals surface area contributed by atoms with Gasteiger partial charge in [-0.2, -0.15) is 0 Å². The Labute approximate surface area is 144 Å². The van der Waals surface area contributed by atoms with Gasteiger partial charge in [0, 0.05) is 18.0 Å². The van der Waals surface area contributed by atoms with Crippen LogP contribution in [0.3, 0.4) is 0 Å². The zero-order valence-corrected chi connectivity index (χ0v) is 14.7. The molecule has 6 nitrogen and oxygen atoms in total. The van der Waals surface area contributed by atoms with Gasteiger partial charge in [0.2, 0.25) is 0 Å². The second-order valence-electron chi connectivity index (χ2n) is 4.96. The van der Waals surface area contributed by atoms with Gasteiger partial charge >= 0.3 is 0 Å². The van der Waals surface area contributed by atoms with Gasteiger partial charge < -0.3 is 4.74 Å². The van der Waals surface area contributed by atoms with Gasteiger partial charge in [-0.05, 0) is 37.3 Å². The number of thiazole rings is 1. The molecule has 0 amide bonds. The number of sulfonamides is 1. The highest BCUT2D eigenvalue weighted by molar-refractivity contribution is 7.93. The number of hydrogen-bond acceptors (Lipinski definition) is 6. The number of methoxy groups -OCH3 is 1. The SMILES string of the molecule is COc1ccc(S(=O)(=O)Nc2nc(C)c(-c3cccnc3)s2)cc1. The van der Waals surface area contributed by atoms with Crippen LogP contribution in [0.5, 0.6) is 5.75 Å². The molecule has 1 N–H and O–H groups in total. The Bertz CT molecular complexity index is 936. The average Bonchev–Trinajstić information content (AvgIpc) is 2.95. The summed E-state index contributed by atoms with van der Waals surface area (Å²) in [4.78, 5) is 9.42. The second-order valence-corrected chi connectivity index (χ2v) is 7.64. The molecule has 0 saturated carbocycles. The molecule has 24 heavy (non-hydrogen) atoms. The summed E-state index contributed by atoms with van der Waals surface area (Å²) in [5.41, 5.74) is 1.66. The fourth-order valence-electron chi connectivity index (χ4n) is 2.13. The highest BCUT2D eigenvalue weighted by Gasteiger charge is 2.18. The fraction of sp³-hybridized carbons (Fsp3) is 0.125. The Morgan fingerprint density at radius 2 is 1.92 bits per heavy atom. The molecule has 2 aromatic heterocycles. The summed E-state index contributed by atoms with van der Waals surface area (Å²) < 4.78 is 32.5. The van der Waals surface area contributed by atoms with Crippen molar-refractivity contribution in [3.63, 3.8) is 0 Å². The van der Waals surface area contributed by atoms with Crippen molar-refractivity contribution >= 4 is 26.5 Å². The first-order valence-corrected chi connectivity index (χ1v) is 9.34. The lowest BCUT2D eigenvalue weighted by Gasteiger charge is -2.06. The Morgan fingerprint density at radius 1 is 1.17 bits per heavy atom. The van der Waals surface area contributed by atoms with Gasteiger partial charge in [-0.3, -0.25) is 9.71 Å². The van der Waals surface area contributed by atoms with Crippen LogP contribution < -0.4 is 9.46 Å². The lowest BCUT2D eigenvalue weighted by atomic mass is 10.2. The number of hydrogen-bond donors (Lipinski definition) is 1. The number of benzene rings is 1. The number of pyridine rings is 1. The number of ether oxygens (including phenoxy) is 1. The number of anilines is 1. The van der Waals surface area contributed by atoms with Crippen LogP contribution in [-0.2, 0) is 10.0 Å². The van der Waals surface area contributed by atoms with E-state index >= 15 is 0 Å². The van der Waals surface area contributed by atoms with E-state index in [1.807, 2.05) is 19.1 Å². The van der Waals surface area contributed by atoms with Gasteiger partial charge in [0.25, 0.3) is 10.0 Å². The predicted octanol–water partition coefficient (Wildman–Crippen LogP) is 3.32. The second kappa shape index (κ2) is 6.58. The molecule has 0 unspecified atom stereocenters. The summed E-state index contributed by atoms with van der Waals surface area (Å²) in [5, 5.41) is 0.321. The van der Waals surface area contributed by atoms with Gasteiger partial charge in [0.1, 0.15) is 5.75 Å². The van der Waals surface area contributed by atoms with Crippen LogP contribution in [-0.4, -0.2) is 25.5 Å². The maximum Gasteiger partial charge on any atom is 0.263 e. The number of rotatable bonds is 5. The first-order valence-electron chi connectivity index (χ1n) is 7.04. The van der Waals surface area contributed by atoms with Crippen molar-refractivity contribution in [2.75, 3.05) is 11.8 Å². The molecule has 0 aliphatic heterocycles. The molecule has 0 radical (unpaired) electrons. The first-order chi connectivity index (χ1) is 11.5. The number of nitrogens with zero attached hydrogens (tertiary/aromatic N) is 2. The molecule has 0 aliphatic rings. The van der Waals surface area contributed by atoms with Crippen molar-refractivity contribution in [3.8, 4) is 16.2 Å². The molecule has 0 fully saturated rings. The van der Waals surface area contributed by atoms with Crippen molar-refractivity contribution < 1.29 is 13.2 Å². The summed E-state index contributed by atoms with van der Waals surface area (Å²) in [6, 6.07) is 9.92. The molecule has 1 aromatic carbocycles. The van der Waals surface area contributed by atoms with E-state index in [2.05, 4.69) is 14.7 Å². The summed E-state index contributed by atoms with van der Waals surface area (Å²) in [7, 11) is -2.17. The minimum atomic E-state index is -3.70. The molecule has 8 heteroatoms. The van der Waals surface area contributed by atoms with Crippen molar-refractivity contribution in [2.24, 2.45) is 0 Å². The van der Waals surface area contributed by atoms with Crippen LogP contribution in [0.15, 0.2) is 53.7 Å². The lowest BCUT2D eigenvalue weighted by molar-refractivity contribution is 0.414. The number of nitrogens with one attached hydrogen (secondary N) is 1. The van der Waals surface area contributed by atoms with Crippen molar-refractivity contribution in [1.82, 2.24) is 9.97 Å². The fourth-order valence-corrected chi connectivity index (χ4v) is 4.33. The summed E-state index contributed by atoms with van der Waals surface area (Å²) >= 11 is 1.28. The van der Waals surface area contributed by atoms with Crippen molar-refractivity contribution in [3.05, 3.63) is 54.5 Å². The Morgan fingerprint density at radius 3 is 2.54 bits per heavy atom. The van der Waals surface area contributed by atoms with E-state index < -0.39 is 10.0 Å². The van der Waals surface area contributed by atoms with E-state index in [1.54, 1.807) is 24.5 Å². The molecule has 0 spiro atoms. The summed E-state index contributed by atoms with van der Waals surface area (Å²) in [6.45, 7) is 1.84. The van der Waals surface area contributed by atoms with Crippen molar-refractivity contribution in [2.45, 2.75) is 11.8 Å². The standard InChI is InChI=1S/C16H15N3O3S2/c1-11-15(12-4-3-9-17-10-12)23-16(18-11)19-24(20,21)14-7-5-13(22-2)6-8-14/h3-10H,1-2H3,(H,18,19). The minimum absolute atomic E-state index is 0.152. The topological polar surface area (TPSA) is 81.2 Å². The van der Waals surface area contributed by atoms with E-state index in [0.29, 0.717) is 10.9 Å². The Hall–Kier alpha value is -2.45.